The van der Waals surface area contributed by atoms with Crippen molar-refractivity contribution >= 4 is 51.3 Å². The molecule has 0 aliphatic heterocycles. The highest BCUT2D eigenvalue weighted by Gasteiger charge is 2.15. The van der Waals surface area contributed by atoms with Crippen LogP contribution in [-0.2, 0) is 0 Å². The number of aromatic nitrogens is 2. The third kappa shape index (κ3) is 3.16. The van der Waals surface area contributed by atoms with Gasteiger partial charge in [-0.05, 0) is 53.5 Å². The zero-order valence-corrected chi connectivity index (χ0v) is 14.0. The van der Waals surface area contributed by atoms with Gasteiger partial charge in [0, 0.05) is 12.1 Å². The number of benzene rings is 1. The van der Waals surface area contributed by atoms with Crippen molar-refractivity contribution in [1.82, 2.24) is 9.55 Å². The van der Waals surface area contributed by atoms with Gasteiger partial charge in [0.25, 0.3) is 0 Å². The summed E-state index contributed by atoms with van der Waals surface area (Å²) >= 11 is 3.87. The molecule has 2 rings (SSSR count). The molecule has 0 amide bonds. The molecule has 1 heterocycles. The summed E-state index contributed by atoms with van der Waals surface area (Å²) in [4.78, 5) is 4.33. The lowest BCUT2D eigenvalue weighted by Crippen LogP contribution is -2.10. The molecule has 0 fully saturated rings. The lowest BCUT2D eigenvalue weighted by Gasteiger charge is -2.15. The minimum atomic E-state index is -0.218. The van der Waals surface area contributed by atoms with Gasteiger partial charge in [-0.25, -0.2) is 9.37 Å². The van der Waals surface area contributed by atoms with Gasteiger partial charge in [0.05, 0.1) is 14.6 Å². The van der Waals surface area contributed by atoms with Crippen LogP contribution in [0.15, 0.2) is 12.1 Å². The molecule has 0 aliphatic rings. The van der Waals surface area contributed by atoms with E-state index in [2.05, 4.69) is 18.8 Å². The van der Waals surface area contributed by atoms with Gasteiger partial charge >= 0.3 is 0 Å². The summed E-state index contributed by atoms with van der Waals surface area (Å²) in [7, 11) is 0. The van der Waals surface area contributed by atoms with Crippen LogP contribution in [0.4, 0.5) is 10.3 Å². The Labute approximate surface area is 130 Å². The fraction of sp³-hybridized carbons (Fsp3) is 0.462. The molecular weight excluding hydrogens is 376 g/mol. The summed E-state index contributed by atoms with van der Waals surface area (Å²) in [5, 5.41) is 0. The number of nitrogens with zero attached hydrogens (tertiary/aromatic N) is 2. The number of thioether (sulfide) groups is 1. The van der Waals surface area contributed by atoms with E-state index < -0.39 is 0 Å². The molecule has 1 atom stereocenters. The minimum absolute atomic E-state index is 0.218. The SMILES string of the molecule is CCSCCC(C)n1c(N)nc2cc(I)c(F)cc21. The lowest BCUT2D eigenvalue weighted by atomic mass is 10.2. The molecule has 0 radical (unpaired) electrons. The molecule has 1 unspecified atom stereocenters. The summed E-state index contributed by atoms with van der Waals surface area (Å²) in [6, 6.07) is 3.50. The van der Waals surface area contributed by atoms with Gasteiger partial charge in [0.2, 0.25) is 5.95 Å². The number of imidazole rings is 1. The lowest BCUT2D eigenvalue weighted by molar-refractivity contribution is 0.554. The van der Waals surface area contributed by atoms with E-state index in [4.69, 9.17) is 5.73 Å². The van der Waals surface area contributed by atoms with Crippen LogP contribution in [0.1, 0.15) is 26.3 Å². The third-order valence-corrected chi connectivity index (χ3v) is 4.84. The van der Waals surface area contributed by atoms with Crippen molar-refractivity contribution < 1.29 is 4.39 Å². The normalized spacial score (nSPS) is 13.1. The Hall–Kier alpha value is -0.500. The molecule has 2 N–H and O–H groups in total. The van der Waals surface area contributed by atoms with Crippen LogP contribution in [0, 0.1) is 9.39 Å². The van der Waals surface area contributed by atoms with Gasteiger partial charge in [-0.2, -0.15) is 11.8 Å². The van der Waals surface area contributed by atoms with Crippen LogP contribution >= 0.6 is 34.4 Å². The Morgan fingerprint density at radius 2 is 2.26 bits per heavy atom. The first-order valence-corrected chi connectivity index (χ1v) is 8.48. The van der Waals surface area contributed by atoms with E-state index in [1.165, 1.54) is 6.07 Å². The Morgan fingerprint density at radius 3 is 2.95 bits per heavy atom. The number of nitrogens with two attached hydrogens (primary N) is 1. The molecule has 0 saturated carbocycles. The van der Waals surface area contributed by atoms with E-state index in [1.54, 1.807) is 6.07 Å². The smallest absolute Gasteiger partial charge is 0.201 e. The van der Waals surface area contributed by atoms with Gasteiger partial charge in [0.15, 0.2) is 0 Å². The topological polar surface area (TPSA) is 43.8 Å². The first kappa shape index (κ1) is 14.9. The Kier molecular flexibility index (Phi) is 4.94. The highest BCUT2D eigenvalue weighted by Crippen LogP contribution is 2.28. The second-order valence-electron chi connectivity index (χ2n) is 4.43. The van der Waals surface area contributed by atoms with Gasteiger partial charge in [0.1, 0.15) is 5.82 Å². The van der Waals surface area contributed by atoms with Crippen LogP contribution in [0.2, 0.25) is 0 Å². The maximum Gasteiger partial charge on any atom is 0.201 e. The summed E-state index contributed by atoms with van der Waals surface area (Å²) in [5.74, 6) is 2.43. The number of hydrogen-bond donors (Lipinski definition) is 1. The molecule has 0 saturated heterocycles. The molecule has 2 aromatic rings. The standard InChI is InChI=1S/C13H17FIN3S/c1-3-19-5-4-8(2)18-12-6-9(14)10(15)7-11(12)17-13(18)16/h6-8H,3-5H2,1-2H3,(H2,16,17). The van der Waals surface area contributed by atoms with Crippen molar-refractivity contribution in [3.8, 4) is 0 Å². The second-order valence-corrected chi connectivity index (χ2v) is 6.99. The van der Waals surface area contributed by atoms with Crippen LogP contribution in [0.3, 0.4) is 0 Å². The zero-order valence-electron chi connectivity index (χ0n) is 11.0. The molecule has 0 aliphatic carbocycles. The average Bonchev–Trinajstić information content (AvgIpc) is 2.65. The highest BCUT2D eigenvalue weighted by atomic mass is 127. The Bertz CT molecular complexity index is 585. The van der Waals surface area contributed by atoms with Crippen molar-refractivity contribution in [2.24, 2.45) is 0 Å². The van der Waals surface area contributed by atoms with Gasteiger partial charge in [-0.1, -0.05) is 6.92 Å². The van der Waals surface area contributed by atoms with Crippen molar-refractivity contribution in [3.63, 3.8) is 0 Å². The monoisotopic (exact) mass is 393 g/mol. The van der Waals surface area contributed by atoms with E-state index in [-0.39, 0.29) is 11.9 Å². The number of fused-ring (bicyclic) bond motifs is 1. The first-order valence-electron chi connectivity index (χ1n) is 6.24. The van der Waals surface area contributed by atoms with Crippen molar-refractivity contribution in [1.29, 1.82) is 0 Å². The van der Waals surface area contributed by atoms with Crippen LogP contribution < -0.4 is 5.73 Å². The van der Waals surface area contributed by atoms with Gasteiger partial charge in [-0.3, -0.25) is 0 Å². The number of nitrogen functional groups attached to an aromatic ring is 1. The van der Waals surface area contributed by atoms with Crippen molar-refractivity contribution in [2.75, 3.05) is 17.2 Å². The minimum Gasteiger partial charge on any atom is -0.369 e. The maximum atomic E-state index is 13.7. The summed E-state index contributed by atoms with van der Waals surface area (Å²) in [5.41, 5.74) is 7.52. The Balaban J connectivity index is 2.36. The quantitative estimate of drug-likeness (QED) is 0.616. The van der Waals surface area contributed by atoms with Crippen molar-refractivity contribution in [3.05, 3.63) is 21.5 Å². The van der Waals surface area contributed by atoms with E-state index in [0.29, 0.717) is 9.52 Å². The largest absolute Gasteiger partial charge is 0.369 e. The molecule has 1 aromatic heterocycles. The Morgan fingerprint density at radius 1 is 1.53 bits per heavy atom. The maximum absolute atomic E-state index is 13.7. The summed E-state index contributed by atoms with van der Waals surface area (Å²) in [6.45, 7) is 4.25. The molecular formula is C13H17FIN3S. The van der Waals surface area contributed by atoms with Crippen LogP contribution in [-0.4, -0.2) is 21.1 Å². The summed E-state index contributed by atoms with van der Waals surface area (Å²) < 4.78 is 16.2. The molecule has 19 heavy (non-hydrogen) atoms. The van der Waals surface area contributed by atoms with E-state index in [9.17, 15) is 4.39 Å². The number of hydrogen-bond acceptors (Lipinski definition) is 3. The first-order chi connectivity index (χ1) is 9.04. The van der Waals surface area contributed by atoms with E-state index in [1.807, 2.05) is 38.9 Å². The number of rotatable bonds is 5. The zero-order chi connectivity index (χ0) is 14.0. The summed E-state index contributed by atoms with van der Waals surface area (Å²) in [6.07, 6.45) is 1.00. The predicted molar refractivity (Wildman–Crippen MR) is 89.1 cm³/mol. The number of halogens is 2. The van der Waals surface area contributed by atoms with Gasteiger partial charge in [-0.15, -0.1) is 0 Å². The third-order valence-electron chi connectivity index (χ3n) is 3.08. The van der Waals surface area contributed by atoms with Crippen molar-refractivity contribution in [2.45, 2.75) is 26.3 Å². The molecule has 6 heteroatoms. The van der Waals surface area contributed by atoms with E-state index in [0.717, 1.165) is 29.0 Å². The fourth-order valence-electron chi connectivity index (χ4n) is 2.10. The van der Waals surface area contributed by atoms with Crippen LogP contribution in [0.25, 0.3) is 11.0 Å². The molecule has 3 nitrogen and oxygen atoms in total. The second kappa shape index (κ2) is 6.30. The molecule has 104 valence electrons. The molecule has 0 spiro atoms. The van der Waals surface area contributed by atoms with E-state index >= 15 is 0 Å². The highest BCUT2D eigenvalue weighted by molar-refractivity contribution is 14.1. The fourth-order valence-corrected chi connectivity index (χ4v) is 3.35. The van der Waals surface area contributed by atoms with Crippen LogP contribution in [0.5, 0.6) is 0 Å². The average molecular weight is 393 g/mol. The molecule has 0 bridgehead atoms. The number of anilines is 1. The predicted octanol–water partition coefficient (Wildman–Crippen LogP) is 4.07. The van der Waals surface area contributed by atoms with Gasteiger partial charge < -0.3 is 10.3 Å². The molecule has 1 aromatic carbocycles.